The Hall–Kier alpha value is -3.80. The Morgan fingerprint density at radius 1 is 0.727 bits per heavy atom. The lowest BCUT2D eigenvalue weighted by Crippen LogP contribution is -2.43. The van der Waals surface area contributed by atoms with E-state index in [1.807, 2.05) is 81.4 Å². The lowest BCUT2D eigenvalue weighted by molar-refractivity contribution is 0.0960. The Labute approximate surface area is 193 Å². The van der Waals surface area contributed by atoms with Gasteiger partial charge < -0.3 is 19.3 Å². The summed E-state index contributed by atoms with van der Waals surface area (Å²) in [4.78, 5) is 30.6. The molecule has 33 heavy (non-hydrogen) atoms. The third-order valence-electron chi connectivity index (χ3n) is 5.91. The van der Waals surface area contributed by atoms with Crippen LogP contribution in [0.5, 0.6) is 11.5 Å². The molecule has 2 heterocycles. The molecule has 0 fully saturated rings. The minimum atomic E-state index is -0.147. The van der Waals surface area contributed by atoms with Crippen LogP contribution < -0.4 is 19.3 Å². The molecule has 5 rings (SSSR count). The van der Waals surface area contributed by atoms with E-state index in [2.05, 4.69) is 0 Å². The maximum Gasteiger partial charge on any atom is 0.258 e. The summed E-state index contributed by atoms with van der Waals surface area (Å²) >= 11 is 0. The van der Waals surface area contributed by atoms with Crippen LogP contribution >= 0.6 is 0 Å². The Kier molecular flexibility index (Phi) is 5.29. The zero-order chi connectivity index (χ0) is 23.1. The first-order valence-corrected chi connectivity index (χ1v) is 11.2. The summed E-state index contributed by atoms with van der Waals surface area (Å²) in [5.74, 6) is 1.08. The van der Waals surface area contributed by atoms with E-state index >= 15 is 0 Å². The Morgan fingerprint density at radius 3 is 1.61 bits per heavy atom. The molecule has 0 spiro atoms. The predicted molar refractivity (Wildman–Crippen MR) is 128 cm³/mol. The second-order valence-corrected chi connectivity index (χ2v) is 8.71. The van der Waals surface area contributed by atoms with Crippen molar-refractivity contribution in [1.82, 2.24) is 0 Å². The van der Waals surface area contributed by atoms with E-state index in [0.29, 0.717) is 35.7 Å². The van der Waals surface area contributed by atoms with Crippen molar-refractivity contribution in [3.8, 4) is 11.5 Å². The summed E-state index contributed by atoms with van der Waals surface area (Å²) in [7, 11) is 0. The number of benzene rings is 3. The van der Waals surface area contributed by atoms with Crippen LogP contribution in [-0.2, 0) is 0 Å². The Morgan fingerprint density at radius 2 is 1.15 bits per heavy atom. The standard InChI is InChI=1S/C27H26N2O4/c1-17-12-20(26(30)28-15-18(2)32-24-10-6-4-8-22(24)28)14-21(13-17)27(31)29-16-19(3)33-25-11-7-5-9-23(25)29/h4-14,18-19H,15-16H2,1-3H3. The van der Waals surface area contributed by atoms with Gasteiger partial charge in [-0.3, -0.25) is 9.59 Å². The summed E-state index contributed by atoms with van der Waals surface area (Å²) in [6, 6.07) is 20.4. The second kappa shape index (κ2) is 8.28. The van der Waals surface area contributed by atoms with Crippen LogP contribution in [-0.4, -0.2) is 37.1 Å². The summed E-state index contributed by atoms with van der Waals surface area (Å²) < 4.78 is 11.8. The lowest BCUT2D eigenvalue weighted by Gasteiger charge is -2.34. The first-order chi connectivity index (χ1) is 15.9. The van der Waals surface area contributed by atoms with Crippen molar-refractivity contribution in [1.29, 1.82) is 0 Å². The van der Waals surface area contributed by atoms with Crippen molar-refractivity contribution in [3.05, 3.63) is 83.4 Å². The van der Waals surface area contributed by atoms with Crippen LogP contribution in [0, 0.1) is 6.92 Å². The fourth-order valence-electron chi connectivity index (χ4n) is 4.50. The molecule has 2 aliphatic rings. The maximum atomic E-state index is 13.6. The van der Waals surface area contributed by atoms with E-state index in [1.54, 1.807) is 15.9 Å². The van der Waals surface area contributed by atoms with E-state index in [1.165, 1.54) is 0 Å². The van der Waals surface area contributed by atoms with Gasteiger partial charge in [0.25, 0.3) is 11.8 Å². The van der Waals surface area contributed by atoms with E-state index in [4.69, 9.17) is 9.47 Å². The van der Waals surface area contributed by atoms with Gasteiger partial charge in [0, 0.05) is 11.1 Å². The van der Waals surface area contributed by atoms with Gasteiger partial charge in [-0.05, 0) is 68.8 Å². The Balaban J connectivity index is 1.50. The van der Waals surface area contributed by atoms with Crippen LogP contribution in [0.15, 0.2) is 66.7 Å². The first kappa shape index (κ1) is 21.1. The molecule has 6 heteroatoms. The molecule has 0 saturated carbocycles. The number of aryl methyl sites for hydroxylation is 1. The number of hydrogen-bond acceptors (Lipinski definition) is 4. The van der Waals surface area contributed by atoms with Crippen molar-refractivity contribution in [2.75, 3.05) is 22.9 Å². The number of ether oxygens (including phenoxy) is 2. The fourth-order valence-corrected chi connectivity index (χ4v) is 4.50. The van der Waals surface area contributed by atoms with Gasteiger partial charge in [0.05, 0.1) is 24.5 Å². The molecule has 3 aromatic carbocycles. The van der Waals surface area contributed by atoms with Crippen molar-refractivity contribution < 1.29 is 19.1 Å². The van der Waals surface area contributed by atoms with Crippen LogP contribution in [0.1, 0.15) is 40.1 Å². The monoisotopic (exact) mass is 442 g/mol. The molecular weight excluding hydrogens is 416 g/mol. The van der Waals surface area contributed by atoms with Gasteiger partial charge in [0.1, 0.15) is 23.7 Å². The molecule has 2 atom stereocenters. The van der Waals surface area contributed by atoms with Crippen LogP contribution in [0.25, 0.3) is 0 Å². The van der Waals surface area contributed by atoms with E-state index in [-0.39, 0.29) is 24.0 Å². The average molecular weight is 443 g/mol. The maximum absolute atomic E-state index is 13.6. The van der Waals surface area contributed by atoms with Crippen molar-refractivity contribution >= 4 is 23.2 Å². The molecule has 0 aromatic heterocycles. The van der Waals surface area contributed by atoms with Gasteiger partial charge in [-0.25, -0.2) is 0 Å². The molecule has 0 bridgehead atoms. The van der Waals surface area contributed by atoms with Gasteiger partial charge in [0.15, 0.2) is 0 Å². The highest BCUT2D eigenvalue weighted by Crippen LogP contribution is 2.36. The number of fused-ring (bicyclic) bond motifs is 2. The largest absolute Gasteiger partial charge is 0.487 e. The van der Waals surface area contributed by atoms with Gasteiger partial charge >= 0.3 is 0 Å². The average Bonchev–Trinajstić information content (AvgIpc) is 2.81. The summed E-state index contributed by atoms with van der Waals surface area (Å²) in [5.41, 5.74) is 3.30. The molecule has 6 nitrogen and oxygen atoms in total. The first-order valence-electron chi connectivity index (χ1n) is 11.2. The van der Waals surface area contributed by atoms with Gasteiger partial charge in [-0.2, -0.15) is 0 Å². The number of carbonyl (C=O) groups is 2. The number of anilines is 2. The van der Waals surface area contributed by atoms with Crippen LogP contribution in [0.2, 0.25) is 0 Å². The zero-order valence-electron chi connectivity index (χ0n) is 18.9. The van der Waals surface area contributed by atoms with Crippen LogP contribution in [0.4, 0.5) is 11.4 Å². The minimum absolute atomic E-state index is 0.124. The summed E-state index contributed by atoms with van der Waals surface area (Å²) in [6.45, 7) is 6.68. The fraction of sp³-hybridized carbons (Fsp3) is 0.259. The van der Waals surface area contributed by atoms with E-state index in [0.717, 1.165) is 16.9 Å². The van der Waals surface area contributed by atoms with Crippen molar-refractivity contribution in [2.45, 2.75) is 33.0 Å². The highest BCUT2D eigenvalue weighted by Gasteiger charge is 2.31. The highest BCUT2D eigenvalue weighted by atomic mass is 16.5. The number of rotatable bonds is 2. The quantitative estimate of drug-likeness (QED) is 0.569. The normalized spacial score (nSPS) is 19.1. The molecule has 0 N–H and O–H groups in total. The second-order valence-electron chi connectivity index (χ2n) is 8.71. The smallest absolute Gasteiger partial charge is 0.258 e. The molecule has 0 saturated heterocycles. The topological polar surface area (TPSA) is 59.1 Å². The minimum Gasteiger partial charge on any atom is -0.487 e. The SMILES string of the molecule is Cc1cc(C(=O)N2CC(C)Oc3ccccc32)cc(C(=O)N2CC(C)Oc3ccccc32)c1. The number of nitrogens with zero attached hydrogens (tertiary/aromatic N) is 2. The van der Waals surface area contributed by atoms with Gasteiger partial charge in [-0.1, -0.05) is 24.3 Å². The summed E-state index contributed by atoms with van der Waals surface area (Å²) in [5, 5.41) is 0. The molecule has 0 radical (unpaired) electrons. The number of hydrogen-bond donors (Lipinski definition) is 0. The van der Waals surface area contributed by atoms with Crippen molar-refractivity contribution in [3.63, 3.8) is 0 Å². The highest BCUT2D eigenvalue weighted by molar-refractivity contribution is 6.11. The van der Waals surface area contributed by atoms with Gasteiger partial charge in [-0.15, -0.1) is 0 Å². The van der Waals surface area contributed by atoms with E-state index in [9.17, 15) is 9.59 Å². The third-order valence-corrected chi connectivity index (χ3v) is 5.91. The molecule has 2 unspecified atom stereocenters. The molecule has 3 aromatic rings. The van der Waals surface area contributed by atoms with Crippen molar-refractivity contribution in [2.24, 2.45) is 0 Å². The van der Waals surface area contributed by atoms with E-state index < -0.39 is 0 Å². The Bertz CT molecular complexity index is 1150. The molecule has 168 valence electrons. The number of carbonyl (C=O) groups excluding carboxylic acids is 2. The number of amides is 2. The summed E-state index contributed by atoms with van der Waals surface area (Å²) in [6.07, 6.45) is -0.248. The zero-order valence-corrected chi connectivity index (χ0v) is 18.9. The molecular formula is C27H26N2O4. The predicted octanol–water partition coefficient (Wildman–Crippen LogP) is 4.85. The molecule has 2 amide bonds. The van der Waals surface area contributed by atoms with Crippen LogP contribution in [0.3, 0.4) is 0 Å². The molecule has 0 aliphatic carbocycles. The third kappa shape index (κ3) is 3.93. The molecule has 2 aliphatic heterocycles. The number of para-hydroxylation sites is 4. The lowest BCUT2D eigenvalue weighted by atomic mass is 10.0. The van der Waals surface area contributed by atoms with Gasteiger partial charge in [0.2, 0.25) is 0 Å².